The molecule has 4 N–H and O–H groups in total. The van der Waals surface area contributed by atoms with Crippen LogP contribution < -0.4 is 0 Å². The molecule has 0 bridgehead atoms. The van der Waals surface area contributed by atoms with Crippen molar-refractivity contribution in [3.8, 4) is 23.0 Å². The molecule has 0 atom stereocenters. The van der Waals surface area contributed by atoms with E-state index in [9.17, 15) is 30.0 Å². The van der Waals surface area contributed by atoms with E-state index in [1.54, 1.807) is 0 Å². The number of esters is 2. The van der Waals surface area contributed by atoms with Crippen molar-refractivity contribution >= 4 is 11.9 Å². The van der Waals surface area contributed by atoms with E-state index in [2.05, 4.69) is 137 Å². The van der Waals surface area contributed by atoms with Gasteiger partial charge in [0.2, 0.25) is 0 Å². The highest BCUT2D eigenvalue weighted by Gasteiger charge is 2.48. The fourth-order valence-corrected chi connectivity index (χ4v) is 10.9. The summed E-state index contributed by atoms with van der Waals surface area (Å²) >= 11 is 0. The molecule has 2 heterocycles. The van der Waals surface area contributed by atoms with Crippen LogP contribution in [0.1, 0.15) is 232 Å². The highest BCUT2D eigenvalue weighted by molar-refractivity contribution is 5.70. The fraction of sp³-hybridized carbons (Fsp3) is 0.634. The highest BCUT2D eigenvalue weighted by atomic mass is 16.7. The van der Waals surface area contributed by atoms with E-state index in [0.717, 1.165) is 55.6 Å². The van der Waals surface area contributed by atoms with E-state index >= 15 is 0 Å². The minimum absolute atomic E-state index is 0.0731. The summed E-state index contributed by atoms with van der Waals surface area (Å²) in [6.07, 6.45) is 0.410. The third kappa shape index (κ3) is 16.6. The lowest BCUT2D eigenvalue weighted by molar-refractivity contribution is -0.337. The molecule has 0 radical (unpaired) electrons. The summed E-state index contributed by atoms with van der Waals surface area (Å²) in [6.45, 7) is 47.0. The van der Waals surface area contributed by atoms with Crippen molar-refractivity contribution in [1.82, 2.24) is 0 Å². The molecule has 4 aromatic carbocycles. The van der Waals surface area contributed by atoms with Gasteiger partial charge in [-0.3, -0.25) is 9.59 Å². The molecule has 0 unspecified atom stereocenters. The molecule has 0 aliphatic carbocycles. The third-order valence-electron chi connectivity index (χ3n) is 16.5. The summed E-state index contributed by atoms with van der Waals surface area (Å²) < 4.78 is 37.1. The molecule has 6 rings (SSSR count). The van der Waals surface area contributed by atoms with E-state index in [1.807, 2.05) is 64.1 Å². The number of carbonyl (C=O) groups excluding carboxylic acids is 2. The Labute approximate surface area is 498 Å². The van der Waals surface area contributed by atoms with Crippen LogP contribution in [0.3, 0.4) is 0 Å². The van der Waals surface area contributed by atoms with Gasteiger partial charge in [0.05, 0.1) is 31.8 Å². The van der Waals surface area contributed by atoms with Crippen LogP contribution in [0.25, 0.3) is 0 Å². The van der Waals surface area contributed by atoms with Crippen molar-refractivity contribution in [1.29, 1.82) is 0 Å². The molecule has 0 aromatic heterocycles. The quantitative estimate of drug-likeness (QED) is 0.0784. The average Bonchev–Trinajstić information content (AvgIpc) is 3.54. The van der Waals surface area contributed by atoms with Gasteiger partial charge < -0.3 is 48.8 Å². The summed E-state index contributed by atoms with van der Waals surface area (Å²) in [5.41, 5.74) is 6.60. The zero-order valence-corrected chi connectivity index (χ0v) is 54.8. The van der Waals surface area contributed by atoms with E-state index in [4.69, 9.17) is 28.4 Å². The van der Waals surface area contributed by atoms with Crippen LogP contribution in [-0.2, 0) is 96.2 Å². The molecular formula is C71H104O12. The van der Waals surface area contributed by atoms with Crippen LogP contribution in [-0.4, -0.2) is 84.6 Å². The first-order valence-corrected chi connectivity index (χ1v) is 30.0. The number of carbonyl (C=O) groups is 2. The molecule has 12 nitrogen and oxygen atoms in total. The maximum atomic E-state index is 13.4. The van der Waals surface area contributed by atoms with Gasteiger partial charge in [0.15, 0.2) is 12.6 Å². The first kappa shape index (κ1) is 67.0. The van der Waals surface area contributed by atoms with Crippen molar-refractivity contribution in [2.75, 3.05) is 39.6 Å². The SMILES string of the molecule is CC(C)(C)c1cc(Cc2cc(CCC(=O)OCC(C)(C)C3OCC4(CO3)COC(C(C)(C)COC(=O)CCc3cc(Cc5cc(C(C)(C)C)cc(C(C)(C)C)c5O)c(O)c(C(C)(C)C)c3)OC4)cc(C(C)(C)C)c2O)c(O)c(C(C)(C)C)c1. The Hall–Kier alpha value is -5.14. The molecule has 2 fully saturated rings. The Morgan fingerprint density at radius 2 is 0.675 bits per heavy atom. The summed E-state index contributed by atoms with van der Waals surface area (Å²) in [7, 11) is 0. The summed E-state index contributed by atoms with van der Waals surface area (Å²) in [5.74, 6) is 0.160. The molecule has 460 valence electrons. The standard InChI is InChI=1S/C71H104O12/c1-63(2,3)49-33-47(59(76)53(35-49)67(13,14)15)31-45-27-43(29-51(57(45)74)65(7,8)9)23-25-55(72)78-37-69(19,20)61-80-39-71(40-81-61)41-82-62(83-42-71)70(21,22)38-79-56(73)26-24-44-28-46(58(75)52(30-44)66(10,11)12)32-48-34-50(64(4,5)6)36-54(60(48)77)68(16,17)18/h27-30,33-36,61-62,74-77H,23-26,31-32,37-42H2,1-22H3. The minimum Gasteiger partial charge on any atom is -0.507 e. The van der Waals surface area contributed by atoms with Crippen molar-refractivity contribution in [2.24, 2.45) is 16.2 Å². The van der Waals surface area contributed by atoms with Gasteiger partial charge in [0.1, 0.15) is 36.2 Å². The fourth-order valence-electron chi connectivity index (χ4n) is 10.9. The summed E-state index contributed by atoms with van der Waals surface area (Å²) in [6, 6.07) is 16.1. The predicted octanol–water partition coefficient (Wildman–Crippen LogP) is 14.9. The number of ether oxygens (including phenoxy) is 6. The maximum absolute atomic E-state index is 13.4. The van der Waals surface area contributed by atoms with Crippen molar-refractivity contribution < 1.29 is 58.4 Å². The molecule has 2 saturated heterocycles. The smallest absolute Gasteiger partial charge is 0.306 e. The third-order valence-corrected chi connectivity index (χ3v) is 16.5. The zero-order chi connectivity index (χ0) is 62.4. The molecular weight excluding hydrogens is 1040 g/mol. The van der Waals surface area contributed by atoms with Crippen LogP contribution in [0.5, 0.6) is 23.0 Å². The van der Waals surface area contributed by atoms with Crippen LogP contribution in [0.2, 0.25) is 0 Å². The van der Waals surface area contributed by atoms with Gasteiger partial charge in [0.25, 0.3) is 0 Å². The Bertz CT molecular complexity index is 2750. The van der Waals surface area contributed by atoms with E-state index in [-0.39, 0.29) is 93.5 Å². The minimum atomic E-state index is -0.679. The second kappa shape index (κ2) is 24.3. The van der Waals surface area contributed by atoms with Gasteiger partial charge >= 0.3 is 11.9 Å². The zero-order valence-electron chi connectivity index (χ0n) is 54.8. The van der Waals surface area contributed by atoms with Crippen LogP contribution in [0.4, 0.5) is 0 Å². The van der Waals surface area contributed by atoms with Gasteiger partial charge in [-0.2, -0.15) is 0 Å². The van der Waals surface area contributed by atoms with Gasteiger partial charge in [-0.1, -0.05) is 201 Å². The number of hydrogen-bond acceptors (Lipinski definition) is 12. The number of hydrogen-bond donors (Lipinski definition) is 4. The first-order chi connectivity index (χ1) is 37.8. The molecule has 2 aliphatic heterocycles. The lowest BCUT2D eigenvalue weighted by atomic mass is 9.77. The van der Waals surface area contributed by atoms with Crippen molar-refractivity contribution in [3.05, 3.63) is 115 Å². The lowest BCUT2D eigenvalue weighted by Crippen LogP contribution is -2.57. The monoisotopic (exact) mass is 1150 g/mol. The van der Waals surface area contributed by atoms with Crippen molar-refractivity contribution in [2.45, 2.75) is 236 Å². The average molecular weight is 1150 g/mol. The molecule has 2 aliphatic rings. The highest BCUT2D eigenvalue weighted by Crippen LogP contribution is 2.45. The van der Waals surface area contributed by atoms with Gasteiger partial charge in [-0.05, 0) is 112 Å². The maximum Gasteiger partial charge on any atom is 0.306 e. The Morgan fingerprint density at radius 3 is 0.940 bits per heavy atom. The summed E-state index contributed by atoms with van der Waals surface area (Å²) in [4.78, 5) is 26.9. The first-order valence-electron chi connectivity index (χ1n) is 30.0. The normalized spacial score (nSPS) is 18.8. The van der Waals surface area contributed by atoms with E-state index in [0.29, 0.717) is 63.2 Å². The van der Waals surface area contributed by atoms with Crippen molar-refractivity contribution in [3.63, 3.8) is 0 Å². The lowest BCUT2D eigenvalue weighted by Gasteiger charge is -2.48. The largest absolute Gasteiger partial charge is 0.507 e. The Morgan fingerprint density at radius 1 is 0.410 bits per heavy atom. The Kier molecular flexibility index (Phi) is 19.6. The topological polar surface area (TPSA) is 170 Å². The van der Waals surface area contributed by atoms with E-state index in [1.165, 1.54) is 0 Å². The second-order valence-corrected chi connectivity index (χ2v) is 31.9. The number of aromatic hydroxyl groups is 4. The number of phenols is 4. The van der Waals surface area contributed by atoms with Gasteiger partial charge in [0, 0.05) is 36.5 Å². The van der Waals surface area contributed by atoms with Crippen LogP contribution in [0.15, 0.2) is 48.5 Å². The van der Waals surface area contributed by atoms with Gasteiger partial charge in [-0.25, -0.2) is 0 Å². The molecule has 0 saturated carbocycles. The molecule has 4 aromatic rings. The number of rotatable bonds is 16. The molecule has 83 heavy (non-hydrogen) atoms. The summed E-state index contributed by atoms with van der Waals surface area (Å²) in [5, 5.41) is 46.6. The van der Waals surface area contributed by atoms with Crippen LogP contribution >= 0.6 is 0 Å². The Balaban J connectivity index is 1.00. The van der Waals surface area contributed by atoms with Crippen LogP contribution in [0, 0.1) is 16.2 Å². The van der Waals surface area contributed by atoms with E-state index < -0.39 is 28.8 Å². The number of aryl methyl sites for hydroxylation is 2. The second-order valence-electron chi connectivity index (χ2n) is 31.9. The molecule has 1 spiro atoms. The number of phenolic OH excluding ortho intramolecular Hbond substituents is 4. The number of benzene rings is 4. The molecule has 0 amide bonds. The predicted molar refractivity (Wildman–Crippen MR) is 330 cm³/mol. The molecule has 12 heteroatoms. The van der Waals surface area contributed by atoms with Gasteiger partial charge in [-0.15, -0.1) is 0 Å².